The van der Waals surface area contributed by atoms with Crippen LogP contribution in [0, 0.1) is 18.2 Å². The fraction of sp³-hybridized carbons (Fsp3) is 0.263. The van der Waals surface area contributed by atoms with Crippen molar-refractivity contribution in [2.24, 2.45) is 11.7 Å². The van der Waals surface area contributed by atoms with Crippen LogP contribution < -0.4 is 16.6 Å². The summed E-state index contributed by atoms with van der Waals surface area (Å²) in [6, 6.07) is 6.71. The van der Waals surface area contributed by atoms with Crippen LogP contribution in [0.2, 0.25) is 0 Å². The number of primary amides is 1. The Bertz CT molecular complexity index is 1020. The lowest BCUT2D eigenvalue weighted by atomic mass is 10.1. The molecule has 1 aliphatic rings. The van der Waals surface area contributed by atoms with E-state index in [1.165, 1.54) is 35.0 Å². The average Bonchev–Trinajstić information content (AvgIpc) is 3.08. The molecule has 2 heterocycles. The summed E-state index contributed by atoms with van der Waals surface area (Å²) in [5.41, 5.74) is 4.76. The zero-order valence-corrected chi connectivity index (χ0v) is 15.4. The Kier molecular flexibility index (Phi) is 5.92. The maximum absolute atomic E-state index is 14.4. The van der Waals surface area contributed by atoms with Crippen LogP contribution in [0.1, 0.15) is 0 Å². The number of hydrogen-bond acceptors (Lipinski definition) is 4. The highest BCUT2D eigenvalue weighted by atomic mass is 19.4. The van der Waals surface area contributed by atoms with Gasteiger partial charge in [-0.3, -0.25) is 23.9 Å². The number of halogens is 4. The molecule has 0 aliphatic carbocycles. The molecule has 1 aliphatic heterocycles. The number of benzene rings is 1. The zero-order chi connectivity index (χ0) is 22.1. The van der Waals surface area contributed by atoms with Crippen LogP contribution in [0.25, 0.3) is 5.69 Å². The third-order valence-corrected chi connectivity index (χ3v) is 4.63. The summed E-state index contributed by atoms with van der Waals surface area (Å²) >= 11 is 0. The number of carbonyl (C=O) groups is 2. The predicted molar refractivity (Wildman–Crippen MR) is 99.0 cm³/mol. The van der Waals surface area contributed by atoms with Crippen molar-refractivity contribution in [3.63, 3.8) is 0 Å². The molecule has 30 heavy (non-hydrogen) atoms. The van der Waals surface area contributed by atoms with Gasteiger partial charge in [-0.05, 0) is 18.2 Å². The molecule has 0 saturated carbocycles. The molecular weight excluding hydrogens is 408 g/mol. The molecule has 1 saturated heterocycles. The van der Waals surface area contributed by atoms with E-state index in [0.29, 0.717) is 0 Å². The fourth-order valence-electron chi connectivity index (χ4n) is 3.19. The summed E-state index contributed by atoms with van der Waals surface area (Å²) in [6.45, 7) is -1.20. The maximum atomic E-state index is 14.4. The minimum absolute atomic E-state index is 0.223. The maximum Gasteiger partial charge on any atom is 0.393 e. The lowest BCUT2D eigenvalue weighted by Crippen LogP contribution is -2.44. The summed E-state index contributed by atoms with van der Waals surface area (Å²) in [5.74, 6) is -4.58. The van der Waals surface area contributed by atoms with Crippen molar-refractivity contribution in [1.82, 2.24) is 9.47 Å². The van der Waals surface area contributed by atoms with Crippen molar-refractivity contribution in [2.75, 3.05) is 18.4 Å². The molecule has 0 spiro atoms. The topological polar surface area (TPSA) is 97.4 Å². The molecule has 2 amide bonds. The number of rotatable bonds is 5. The van der Waals surface area contributed by atoms with Crippen molar-refractivity contribution in [1.29, 1.82) is 0 Å². The van der Waals surface area contributed by atoms with E-state index in [1.807, 2.05) is 0 Å². The van der Waals surface area contributed by atoms with Crippen molar-refractivity contribution in [3.05, 3.63) is 65.2 Å². The molecule has 1 aromatic carbocycles. The fourth-order valence-corrected chi connectivity index (χ4v) is 3.19. The van der Waals surface area contributed by atoms with Crippen molar-refractivity contribution in [3.8, 4) is 5.69 Å². The summed E-state index contributed by atoms with van der Waals surface area (Å²) in [5, 5.41) is 2.25. The van der Waals surface area contributed by atoms with Gasteiger partial charge in [0, 0.05) is 31.3 Å². The van der Waals surface area contributed by atoms with Crippen molar-refractivity contribution >= 4 is 17.5 Å². The minimum atomic E-state index is -4.57. The van der Waals surface area contributed by atoms with E-state index in [9.17, 15) is 31.9 Å². The molecule has 1 radical (unpaired) electrons. The number of alkyl halides is 3. The van der Waals surface area contributed by atoms with Gasteiger partial charge in [0.25, 0.3) is 5.56 Å². The molecular formula is C19H17F4N4O3. The Morgan fingerprint density at radius 1 is 1.20 bits per heavy atom. The Balaban J connectivity index is 1.71. The first-order valence-electron chi connectivity index (χ1n) is 8.79. The number of hydrogen-bond donors (Lipinski definition) is 2. The Hall–Kier alpha value is -3.21. The molecule has 7 nitrogen and oxygen atoms in total. The van der Waals surface area contributed by atoms with E-state index >= 15 is 0 Å². The normalized spacial score (nSPS) is 19.6. The lowest BCUT2D eigenvalue weighted by molar-refractivity contribution is -0.162. The Morgan fingerprint density at radius 2 is 1.93 bits per heavy atom. The zero-order valence-electron chi connectivity index (χ0n) is 15.4. The third kappa shape index (κ3) is 4.67. The highest BCUT2D eigenvalue weighted by molar-refractivity contribution is 5.93. The van der Waals surface area contributed by atoms with Crippen LogP contribution in [0.3, 0.4) is 0 Å². The van der Waals surface area contributed by atoms with Crippen LogP contribution in [-0.2, 0) is 9.59 Å². The number of pyridine rings is 1. The summed E-state index contributed by atoms with van der Waals surface area (Å²) in [6.07, 6.45) is -2.38. The van der Waals surface area contributed by atoms with Crippen LogP contribution in [-0.4, -0.2) is 46.6 Å². The van der Waals surface area contributed by atoms with Crippen molar-refractivity contribution in [2.45, 2.75) is 12.2 Å². The minimum Gasteiger partial charge on any atom is -0.368 e. The number of nitrogens with one attached hydrogen (secondary N) is 1. The van der Waals surface area contributed by atoms with Crippen LogP contribution in [0.15, 0.2) is 47.4 Å². The van der Waals surface area contributed by atoms with E-state index in [4.69, 9.17) is 5.73 Å². The molecule has 1 aromatic heterocycles. The number of carbonyl (C=O) groups excluding carboxylic acids is 2. The molecule has 2 aromatic rings. The van der Waals surface area contributed by atoms with E-state index in [-0.39, 0.29) is 16.9 Å². The molecule has 159 valence electrons. The highest BCUT2D eigenvalue weighted by Crippen LogP contribution is 2.35. The number of nitrogens with two attached hydrogens (primary N) is 1. The predicted octanol–water partition coefficient (Wildman–Crippen LogP) is 1.47. The molecule has 2 unspecified atom stereocenters. The SMILES string of the molecule is NC(=O)C1[CH]C(C(F)(F)F)CN1CC(=O)Nc1ccc(-n2ccccc2=O)cc1F. The van der Waals surface area contributed by atoms with Gasteiger partial charge < -0.3 is 11.1 Å². The standard InChI is InChI=1S/C19H17F4N4O3/c20-13-8-12(27-6-2-1-3-17(27)29)4-5-14(13)25-16(28)10-26-9-11(19(21,22)23)7-15(26)18(24)30/h1-8,11,15H,9-10H2,(H2,24,30)(H,25,28). The smallest absolute Gasteiger partial charge is 0.368 e. The first-order chi connectivity index (χ1) is 14.1. The van der Waals surface area contributed by atoms with Crippen LogP contribution in [0.4, 0.5) is 23.2 Å². The van der Waals surface area contributed by atoms with E-state index in [0.717, 1.165) is 17.4 Å². The van der Waals surface area contributed by atoms with Gasteiger partial charge in [-0.15, -0.1) is 0 Å². The summed E-state index contributed by atoms with van der Waals surface area (Å²) in [4.78, 5) is 36.5. The quantitative estimate of drug-likeness (QED) is 0.709. The summed E-state index contributed by atoms with van der Waals surface area (Å²) < 4.78 is 54.4. The largest absolute Gasteiger partial charge is 0.393 e. The average molecular weight is 425 g/mol. The van der Waals surface area contributed by atoms with Gasteiger partial charge in [-0.25, -0.2) is 4.39 Å². The molecule has 3 N–H and O–H groups in total. The second-order valence-electron chi connectivity index (χ2n) is 6.74. The molecule has 1 fully saturated rings. The monoisotopic (exact) mass is 425 g/mol. The van der Waals surface area contributed by atoms with Gasteiger partial charge in [-0.1, -0.05) is 6.07 Å². The Labute approximate surface area is 168 Å². The number of anilines is 1. The highest BCUT2D eigenvalue weighted by Gasteiger charge is 2.49. The van der Waals surface area contributed by atoms with Crippen LogP contribution >= 0.6 is 0 Å². The Morgan fingerprint density at radius 3 is 2.53 bits per heavy atom. The molecule has 11 heteroatoms. The second-order valence-corrected chi connectivity index (χ2v) is 6.74. The van der Waals surface area contributed by atoms with Gasteiger partial charge in [-0.2, -0.15) is 13.2 Å². The van der Waals surface area contributed by atoms with Crippen molar-refractivity contribution < 1.29 is 27.2 Å². The van der Waals surface area contributed by atoms with E-state index < -0.39 is 48.9 Å². The third-order valence-electron chi connectivity index (χ3n) is 4.63. The second kappa shape index (κ2) is 8.27. The number of likely N-dealkylation sites (tertiary alicyclic amines) is 1. The van der Waals surface area contributed by atoms with Gasteiger partial charge >= 0.3 is 6.18 Å². The van der Waals surface area contributed by atoms with Gasteiger partial charge in [0.1, 0.15) is 5.82 Å². The lowest BCUT2D eigenvalue weighted by Gasteiger charge is -2.21. The first kappa shape index (κ1) is 21.5. The van der Waals surface area contributed by atoms with Gasteiger partial charge in [0.2, 0.25) is 11.8 Å². The van der Waals surface area contributed by atoms with Gasteiger partial charge in [0.05, 0.1) is 29.9 Å². The van der Waals surface area contributed by atoms with Gasteiger partial charge in [0.15, 0.2) is 0 Å². The number of amides is 2. The summed E-state index contributed by atoms with van der Waals surface area (Å²) in [7, 11) is 0. The van der Waals surface area contributed by atoms with Crippen LogP contribution in [0.5, 0.6) is 0 Å². The molecule has 3 rings (SSSR count). The molecule has 2 atom stereocenters. The molecule has 0 bridgehead atoms. The number of aromatic nitrogens is 1. The first-order valence-corrected chi connectivity index (χ1v) is 8.79. The van der Waals surface area contributed by atoms with E-state index in [2.05, 4.69) is 5.32 Å². The van der Waals surface area contributed by atoms with E-state index in [1.54, 1.807) is 6.07 Å². The number of nitrogens with zero attached hydrogens (tertiary/aromatic N) is 2.